The zero-order valence-electron chi connectivity index (χ0n) is 15.5. The average molecular weight is 391 g/mol. The van der Waals surface area contributed by atoms with Crippen molar-refractivity contribution < 1.29 is 23.1 Å². The zero-order valence-corrected chi connectivity index (χ0v) is 16.3. The lowest BCUT2D eigenvalue weighted by atomic mass is 10.0. The third kappa shape index (κ3) is 5.08. The van der Waals surface area contributed by atoms with E-state index in [-0.39, 0.29) is 47.5 Å². The van der Waals surface area contributed by atoms with Crippen molar-refractivity contribution >= 4 is 15.7 Å². The predicted molar refractivity (Wildman–Crippen MR) is 104 cm³/mol. The summed E-state index contributed by atoms with van der Waals surface area (Å²) in [5.41, 5.74) is 6.62. The Morgan fingerprint density at radius 3 is 2.37 bits per heavy atom. The topological polar surface area (TPSA) is 107 Å². The Kier molecular flexibility index (Phi) is 6.98. The number of carbonyl (C=O) groups excluding carboxylic acids is 1. The Labute approximate surface area is 159 Å². The van der Waals surface area contributed by atoms with Gasteiger partial charge in [0.05, 0.1) is 17.9 Å². The Balaban J connectivity index is 2.78. The van der Waals surface area contributed by atoms with Gasteiger partial charge in [0, 0.05) is 12.2 Å². The molecule has 146 valence electrons. The van der Waals surface area contributed by atoms with Gasteiger partial charge in [-0.2, -0.15) is 0 Å². The minimum Gasteiger partial charge on any atom is -0.491 e. The molecule has 0 bridgehead atoms. The summed E-state index contributed by atoms with van der Waals surface area (Å²) in [6, 6.07) is 12.1. The van der Waals surface area contributed by atoms with E-state index < -0.39 is 15.7 Å². The summed E-state index contributed by atoms with van der Waals surface area (Å²) in [4.78, 5) is 11.9. The molecule has 0 spiro atoms. The molecule has 0 saturated heterocycles. The highest BCUT2D eigenvalue weighted by Crippen LogP contribution is 2.38. The summed E-state index contributed by atoms with van der Waals surface area (Å²) in [6.45, 7) is 3.83. The fraction of sp³-hybridized carbons (Fsp3) is 0.350. The molecule has 1 amide bonds. The minimum absolute atomic E-state index is 0.0181. The Morgan fingerprint density at radius 2 is 1.81 bits per heavy atom. The maximum atomic E-state index is 13.1. The first-order chi connectivity index (χ1) is 12.8. The molecular weight excluding hydrogens is 366 g/mol. The molecule has 2 rings (SSSR count). The molecule has 0 saturated carbocycles. The highest BCUT2D eigenvalue weighted by atomic mass is 32.2. The summed E-state index contributed by atoms with van der Waals surface area (Å²) in [5.74, 6) is -0.912. The number of hydrogen-bond donors (Lipinski definition) is 2. The molecule has 27 heavy (non-hydrogen) atoms. The number of ether oxygens (including phenoxy) is 1. The van der Waals surface area contributed by atoms with Crippen molar-refractivity contribution in [3.8, 4) is 16.9 Å². The minimum atomic E-state index is -3.83. The summed E-state index contributed by atoms with van der Waals surface area (Å²) in [7, 11) is -3.83. The number of sulfone groups is 1. The number of carbonyl (C=O) groups is 1. The van der Waals surface area contributed by atoms with Crippen LogP contribution in [0.3, 0.4) is 0 Å². The van der Waals surface area contributed by atoms with Gasteiger partial charge in [0.15, 0.2) is 15.6 Å². The maximum Gasteiger partial charge on any atom is 0.252 e. The van der Waals surface area contributed by atoms with Gasteiger partial charge in [-0.15, -0.1) is 0 Å². The van der Waals surface area contributed by atoms with E-state index in [0.29, 0.717) is 11.1 Å². The number of rotatable bonds is 9. The molecule has 0 aliphatic heterocycles. The standard InChI is InChI=1S/C20H25NO5S/c1-14(2)13-26-18-17(20(21)23)10-9-16(15-7-4-3-5-8-15)19(18)27(24,25)12-6-11-22/h3-5,7-10,14,22H,6,11-13H2,1-2H3,(H2,21,23). The van der Waals surface area contributed by atoms with Gasteiger partial charge in [0.1, 0.15) is 4.90 Å². The molecule has 6 nitrogen and oxygen atoms in total. The summed E-state index contributed by atoms with van der Waals surface area (Å²) in [5, 5.41) is 9.08. The van der Waals surface area contributed by atoms with Crippen LogP contribution in [-0.4, -0.2) is 38.4 Å². The zero-order chi connectivity index (χ0) is 20.0. The first-order valence-corrected chi connectivity index (χ1v) is 10.4. The highest BCUT2D eigenvalue weighted by molar-refractivity contribution is 7.91. The van der Waals surface area contributed by atoms with Crippen molar-refractivity contribution in [1.29, 1.82) is 0 Å². The molecule has 0 unspecified atom stereocenters. The maximum absolute atomic E-state index is 13.1. The molecule has 0 aliphatic carbocycles. The number of benzene rings is 2. The molecule has 0 aromatic heterocycles. The van der Waals surface area contributed by atoms with Crippen LogP contribution in [0, 0.1) is 5.92 Å². The SMILES string of the molecule is CC(C)COc1c(C(N)=O)ccc(-c2ccccc2)c1S(=O)(=O)CCCO. The van der Waals surface area contributed by atoms with Gasteiger partial charge in [-0.05, 0) is 24.0 Å². The largest absolute Gasteiger partial charge is 0.491 e. The van der Waals surface area contributed by atoms with E-state index in [9.17, 15) is 13.2 Å². The number of primary amides is 1. The van der Waals surface area contributed by atoms with E-state index in [2.05, 4.69) is 0 Å². The molecule has 0 atom stereocenters. The van der Waals surface area contributed by atoms with Crippen LogP contribution in [0.1, 0.15) is 30.6 Å². The van der Waals surface area contributed by atoms with Crippen molar-refractivity contribution in [2.75, 3.05) is 19.0 Å². The van der Waals surface area contributed by atoms with E-state index in [1.54, 1.807) is 30.3 Å². The lowest BCUT2D eigenvalue weighted by molar-refractivity contribution is 0.0995. The fourth-order valence-electron chi connectivity index (χ4n) is 2.66. The van der Waals surface area contributed by atoms with Crippen molar-refractivity contribution in [2.45, 2.75) is 25.2 Å². The first-order valence-electron chi connectivity index (χ1n) is 8.76. The van der Waals surface area contributed by atoms with E-state index in [0.717, 1.165) is 0 Å². The number of amides is 1. The second-order valence-electron chi connectivity index (χ2n) is 6.65. The van der Waals surface area contributed by atoms with E-state index in [1.807, 2.05) is 19.9 Å². The summed E-state index contributed by atoms with van der Waals surface area (Å²) < 4.78 is 31.9. The Bertz CT molecular complexity index is 892. The molecule has 3 N–H and O–H groups in total. The second kappa shape index (κ2) is 9.01. The summed E-state index contributed by atoms with van der Waals surface area (Å²) >= 11 is 0. The molecule has 7 heteroatoms. The van der Waals surface area contributed by atoms with Gasteiger partial charge in [0.25, 0.3) is 5.91 Å². The third-order valence-corrected chi connectivity index (χ3v) is 5.76. The molecule has 0 heterocycles. The van der Waals surface area contributed by atoms with Crippen LogP contribution in [0.4, 0.5) is 0 Å². The smallest absolute Gasteiger partial charge is 0.252 e. The van der Waals surface area contributed by atoms with E-state index in [1.165, 1.54) is 6.07 Å². The highest BCUT2D eigenvalue weighted by Gasteiger charge is 2.28. The van der Waals surface area contributed by atoms with Crippen molar-refractivity contribution in [3.05, 3.63) is 48.0 Å². The van der Waals surface area contributed by atoms with Gasteiger partial charge < -0.3 is 15.6 Å². The molecule has 0 aliphatic rings. The van der Waals surface area contributed by atoms with Crippen LogP contribution < -0.4 is 10.5 Å². The third-order valence-electron chi connectivity index (χ3n) is 3.91. The van der Waals surface area contributed by atoms with Gasteiger partial charge in [-0.25, -0.2) is 8.42 Å². The second-order valence-corrected chi connectivity index (χ2v) is 8.70. The normalized spacial score (nSPS) is 11.6. The number of hydrogen-bond acceptors (Lipinski definition) is 5. The van der Waals surface area contributed by atoms with Crippen LogP contribution in [-0.2, 0) is 9.84 Å². The summed E-state index contributed by atoms with van der Waals surface area (Å²) in [6.07, 6.45) is 0.0843. The number of aliphatic hydroxyl groups excluding tert-OH is 1. The van der Waals surface area contributed by atoms with E-state index >= 15 is 0 Å². The van der Waals surface area contributed by atoms with Crippen molar-refractivity contribution in [3.63, 3.8) is 0 Å². The van der Waals surface area contributed by atoms with Crippen LogP contribution in [0.5, 0.6) is 5.75 Å². The van der Waals surface area contributed by atoms with E-state index in [4.69, 9.17) is 15.6 Å². The van der Waals surface area contributed by atoms with Crippen molar-refractivity contribution in [1.82, 2.24) is 0 Å². The van der Waals surface area contributed by atoms with Gasteiger partial charge >= 0.3 is 0 Å². The number of nitrogens with two attached hydrogens (primary N) is 1. The lowest BCUT2D eigenvalue weighted by Gasteiger charge is -2.19. The molecule has 0 radical (unpaired) electrons. The van der Waals surface area contributed by atoms with Crippen molar-refractivity contribution in [2.24, 2.45) is 11.7 Å². The monoisotopic (exact) mass is 391 g/mol. The van der Waals surface area contributed by atoms with Crippen LogP contribution in [0.2, 0.25) is 0 Å². The first kappa shape index (κ1) is 20.9. The lowest BCUT2D eigenvalue weighted by Crippen LogP contribution is -2.19. The van der Waals surface area contributed by atoms with Gasteiger partial charge in [-0.3, -0.25) is 4.79 Å². The molecule has 0 fully saturated rings. The fourth-order valence-corrected chi connectivity index (χ4v) is 4.35. The predicted octanol–water partition coefficient (Wildman–Crippen LogP) is 2.64. The Morgan fingerprint density at radius 1 is 1.15 bits per heavy atom. The van der Waals surface area contributed by atoms with Crippen LogP contribution in [0.25, 0.3) is 11.1 Å². The van der Waals surface area contributed by atoms with Crippen LogP contribution >= 0.6 is 0 Å². The molecular formula is C20H25NO5S. The quantitative estimate of drug-likeness (QED) is 0.683. The van der Waals surface area contributed by atoms with Crippen LogP contribution in [0.15, 0.2) is 47.4 Å². The van der Waals surface area contributed by atoms with Gasteiger partial charge in [-0.1, -0.05) is 50.2 Å². The molecule has 2 aromatic carbocycles. The number of aliphatic hydroxyl groups is 1. The van der Waals surface area contributed by atoms with Gasteiger partial charge in [0.2, 0.25) is 0 Å². The molecule has 2 aromatic rings. The average Bonchev–Trinajstić information content (AvgIpc) is 2.64. The Hall–Kier alpha value is -2.38.